The third-order valence-electron chi connectivity index (χ3n) is 3.60. The summed E-state index contributed by atoms with van der Waals surface area (Å²) in [6, 6.07) is 14.2. The molecule has 0 aliphatic carbocycles. The summed E-state index contributed by atoms with van der Waals surface area (Å²) in [5.41, 5.74) is 2.47. The second kappa shape index (κ2) is 6.22. The Balaban J connectivity index is 1.57. The molecule has 0 aliphatic heterocycles. The van der Waals surface area contributed by atoms with Gasteiger partial charge in [0.15, 0.2) is 11.5 Å². The quantitative estimate of drug-likeness (QED) is 0.549. The Morgan fingerprint density at radius 3 is 2.56 bits per heavy atom. The number of anilines is 2. The summed E-state index contributed by atoms with van der Waals surface area (Å²) in [4.78, 5) is 4.08. The van der Waals surface area contributed by atoms with Crippen molar-refractivity contribution in [3.8, 4) is 5.75 Å². The first-order chi connectivity index (χ1) is 12.2. The second-order valence-electron chi connectivity index (χ2n) is 5.34. The van der Waals surface area contributed by atoms with Gasteiger partial charge in [-0.2, -0.15) is 4.52 Å². The van der Waals surface area contributed by atoms with Gasteiger partial charge >= 0.3 is 0 Å². The van der Waals surface area contributed by atoms with Gasteiger partial charge < -0.3 is 10.4 Å². The molecule has 0 aliphatic rings. The van der Waals surface area contributed by atoms with Crippen LogP contribution in [0, 0.1) is 6.57 Å². The molecule has 2 N–H and O–H groups in total. The van der Waals surface area contributed by atoms with E-state index < -0.39 is 0 Å². The summed E-state index contributed by atoms with van der Waals surface area (Å²) < 4.78 is 1.72. The number of nitrogens with one attached hydrogen (secondary N) is 1. The Hall–Kier alpha value is -3.44. The zero-order chi connectivity index (χ0) is 17.2. The number of aromatic hydroxyl groups is 1. The molecular formula is C17H12N6OS. The molecule has 7 nitrogen and oxygen atoms in total. The van der Waals surface area contributed by atoms with Gasteiger partial charge in [0.25, 0.3) is 0 Å². The van der Waals surface area contributed by atoms with E-state index in [1.165, 1.54) is 11.3 Å². The molecule has 122 valence electrons. The second-order valence-corrected chi connectivity index (χ2v) is 6.30. The Kier molecular flexibility index (Phi) is 3.76. The largest absolute Gasteiger partial charge is 0.508 e. The maximum Gasteiger partial charge on any atom is 0.236 e. The van der Waals surface area contributed by atoms with Crippen LogP contribution in [-0.4, -0.2) is 24.9 Å². The Morgan fingerprint density at radius 2 is 1.84 bits per heavy atom. The first kappa shape index (κ1) is 15.1. The lowest BCUT2D eigenvalue weighted by atomic mass is 10.1. The van der Waals surface area contributed by atoms with Gasteiger partial charge in [0.2, 0.25) is 10.1 Å². The summed E-state index contributed by atoms with van der Waals surface area (Å²) >= 11 is 1.40. The summed E-state index contributed by atoms with van der Waals surface area (Å²) in [5, 5.41) is 26.1. The van der Waals surface area contributed by atoms with Crippen LogP contribution in [0.3, 0.4) is 0 Å². The third kappa shape index (κ3) is 3.13. The van der Waals surface area contributed by atoms with Gasteiger partial charge in [-0.3, -0.25) is 0 Å². The van der Waals surface area contributed by atoms with E-state index in [9.17, 15) is 5.11 Å². The normalized spacial score (nSPS) is 10.7. The maximum atomic E-state index is 9.36. The molecule has 0 saturated heterocycles. The van der Waals surface area contributed by atoms with Gasteiger partial charge in [-0.25, -0.2) is 4.85 Å². The highest BCUT2D eigenvalue weighted by atomic mass is 32.1. The van der Waals surface area contributed by atoms with Gasteiger partial charge in [-0.15, -0.1) is 15.3 Å². The van der Waals surface area contributed by atoms with Gasteiger partial charge in [0.05, 0.1) is 6.57 Å². The summed E-state index contributed by atoms with van der Waals surface area (Å²) in [7, 11) is 0. The summed E-state index contributed by atoms with van der Waals surface area (Å²) in [6.45, 7) is 6.98. The maximum absolute atomic E-state index is 9.36. The number of phenols is 1. The molecule has 0 fully saturated rings. The van der Waals surface area contributed by atoms with Crippen molar-refractivity contribution in [2.24, 2.45) is 0 Å². The van der Waals surface area contributed by atoms with Crippen LogP contribution < -0.4 is 5.32 Å². The van der Waals surface area contributed by atoms with Crippen molar-refractivity contribution < 1.29 is 5.11 Å². The van der Waals surface area contributed by atoms with Gasteiger partial charge in [0.1, 0.15) is 5.75 Å². The van der Waals surface area contributed by atoms with E-state index >= 15 is 0 Å². The van der Waals surface area contributed by atoms with Crippen molar-refractivity contribution in [1.29, 1.82) is 0 Å². The monoisotopic (exact) mass is 348 g/mol. The zero-order valence-electron chi connectivity index (χ0n) is 12.9. The SMILES string of the molecule is [C-]#[N+]c1ccc(Nc2nn3c(Cc4ccc(O)cc4)nnc3s2)cc1. The third-order valence-corrected chi connectivity index (χ3v) is 4.42. The van der Waals surface area contributed by atoms with Gasteiger partial charge in [-0.05, 0) is 29.8 Å². The molecule has 0 atom stereocenters. The van der Waals surface area contributed by atoms with Crippen molar-refractivity contribution in [3.05, 3.63) is 71.3 Å². The molecule has 0 amide bonds. The predicted molar refractivity (Wildman–Crippen MR) is 95.6 cm³/mol. The van der Waals surface area contributed by atoms with Crippen LogP contribution >= 0.6 is 11.3 Å². The van der Waals surface area contributed by atoms with Crippen LogP contribution in [0.2, 0.25) is 0 Å². The molecule has 0 bridgehead atoms. The van der Waals surface area contributed by atoms with Crippen molar-refractivity contribution in [1.82, 2.24) is 19.8 Å². The van der Waals surface area contributed by atoms with E-state index in [2.05, 4.69) is 25.5 Å². The summed E-state index contributed by atoms with van der Waals surface area (Å²) in [5.74, 6) is 0.966. The number of hydrogen-bond donors (Lipinski definition) is 2. The van der Waals surface area contributed by atoms with E-state index in [-0.39, 0.29) is 5.75 Å². The topological polar surface area (TPSA) is 79.7 Å². The molecule has 0 saturated carbocycles. The van der Waals surface area contributed by atoms with Crippen molar-refractivity contribution in [2.45, 2.75) is 6.42 Å². The molecule has 8 heteroatoms. The summed E-state index contributed by atoms with van der Waals surface area (Å²) in [6.07, 6.45) is 0.574. The lowest BCUT2D eigenvalue weighted by Crippen LogP contribution is -1.98. The fraction of sp³-hybridized carbons (Fsp3) is 0.0588. The number of phenolic OH excluding ortho intramolecular Hbond substituents is 1. The lowest BCUT2D eigenvalue weighted by Gasteiger charge is -2.01. The highest BCUT2D eigenvalue weighted by Crippen LogP contribution is 2.25. The smallest absolute Gasteiger partial charge is 0.236 e. The van der Waals surface area contributed by atoms with E-state index in [0.29, 0.717) is 22.2 Å². The molecule has 2 aromatic carbocycles. The Bertz CT molecular complexity index is 1060. The molecular weight excluding hydrogens is 336 g/mol. The van der Waals surface area contributed by atoms with E-state index in [1.54, 1.807) is 28.8 Å². The van der Waals surface area contributed by atoms with Crippen LogP contribution in [0.4, 0.5) is 16.5 Å². The fourth-order valence-corrected chi connectivity index (χ4v) is 3.14. The van der Waals surface area contributed by atoms with E-state index in [0.717, 1.165) is 17.1 Å². The van der Waals surface area contributed by atoms with E-state index in [4.69, 9.17) is 6.57 Å². The number of hydrogen-bond acceptors (Lipinski definition) is 6. The molecule has 0 unspecified atom stereocenters. The predicted octanol–water partition coefficient (Wildman–Crippen LogP) is 3.78. The highest BCUT2D eigenvalue weighted by molar-refractivity contribution is 7.20. The molecule has 0 radical (unpaired) electrons. The van der Waals surface area contributed by atoms with Crippen LogP contribution in [0.1, 0.15) is 11.4 Å². The molecule has 2 heterocycles. The first-order valence-corrected chi connectivity index (χ1v) is 8.26. The number of fused-ring (bicyclic) bond motifs is 1. The standard InChI is InChI=1S/C17H12N6OS/c1-18-12-4-6-13(7-5-12)19-16-22-23-15(20-21-17(23)25-16)10-11-2-8-14(24)9-3-11/h2-9,24H,10H2,(H,19,22). The van der Waals surface area contributed by atoms with Gasteiger partial charge in [-0.1, -0.05) is 35.6 Å². The van der Waals surface area contributed by atoms with Crippen molar-refractivity contribution in [3.63, 3.8) is 0 Å². The van der Waals surface area contributed by atoms with Gasteiger partial charge in [0, 0.05) is 12.1 Å². The highest BCUT2D eigenvalue weighted by Gasteiger charge is 2.12. The van der Waals surface area contributed by atoms with Crippen LogP contribution in [0.25, 0.3) is 9.81 Å². The minimum atomic E-state index is 0.236. The number of nitrogens with zero attached hydrogens (tertiary/aromatic N) is 5. The Morgan fingerprint density at radius 1 is 1.08 bits per heavy atom. The average molecular weight is 348 g/mol. The Labute approximate surface area is 147 Å². The molecule has 4 rings (SSSR count). The van der Waals surface area contributed by atoms with Crippen molar-refractivity contribution >= 4 is 32.8 Å². The molecule has 4 aromatic rings. The number of rotatable bonds is 4. The minimum absolute atomic E-state index is 0.236. The lowest BCUT2D eigenvalue weighted by molar-refractivity contribution is 0.475. The number of benzene rings is 2. The first-order valence-electron chi connectivity index (χ1n) is 7.45. The minimum Gasteiger partial charge on any atom is -0.508 e. The molecule has 2 aromatic heterocycles. The molecule has 0 spiro atoms. The zero-order valence-corrected chi connectivity index (χ0v) is 13.7. The average Bonchev–Trinajstić information content (AvgIpc) is 3.19. The van der Waals surface area contributed by atoms with E-state index in [1.807, 2.05) is 24.3 Å². The van der Waals surface area contributed by atoms with Crippen molar-refractivity contribution in [2.75, 3.05) is 5.32 Å². The van der Waals surface area contributed by atoms with Crippen LogP contribution in [-0.2, 0) is 6.42 Å². The van der Waals surface area contributed by atoms with Crippen LogP contribution in [0.15, 0.2) is 48.5 Å². The fourth-order valence-electron chi connectivity index (χ4n) is 2.36. The molecule has 25 heavy (non-hydrogen) atoms. The van der Waals surface area contributed by atoms with Crippen LogP contribution in [0.5, 0.6) is 5.75 Å². The number of aromatic nitrogens is 4.